The summed E-state index contributed by atoms with van der Waals surface area (Å²) >= 11 is 4.75. The molecular weight excluding hydrogens is 156 g/mol. The highest BCUT2D eigenvalue weighted by atomic mass is 35.5. The van der Waals surface area contributed by atoms with E-state index in [2.05, 4.69) is 4.29 Å². The lowest BCUT2D eigenvalue weighted by atomic mass is 10.00. The molecule has 0 aromatic rings. The van der Waals surface area contributed by atoms with E-state index >= 15 is 0 Å². The third kappa shape index (κ3) is 3.69. The molecule has 0 aliphatic rings. The number of carbonyl (C=O) groups excluding carboxylic acids is 1. The Bertz CT molecular complexity index is 122. The van der Waals surface area contributed by atoms with Crippen LogP contribution in [0.4, 0.5) is 0 Å². The van der Waals surface area contributed by atoms with E-state index in [-0.39, 0.29) is 6.42 Å². The van der Waals surface area contributed by atoms with Gasteiger partial charge in [-0.25, -0.2) is 0 Å². The van der Waals surface area contributed by atoms with Crippen molar-refractivity contribution in [3.8, 4) is 0 Å². The molecule has 0 unspecified atom stereocenters. The van der Waals surface area contributed by atoms with Crippen molar-refractivity contribution >= 4 is 17.8 Å². The normalized spacial score (nSPS) is 16.0. The fourth-order valence-corrected chi connectivity index (χ4v) is 0.518. The van der Waals surface area contributed by atoms with Crippen molar-refractivity contribution in [1.82, 2.24) is 0 Å². The second kappa shape index (κ2) is 3.78. The Morgan fingerprint density at radius 2 is 2.30 bits per heavy atom. The topological polar surface area (TPSA) is 46.5 Å². The molecule has 0 radical (unpaired) electrons. The Labute approximate surface area is 65.1 Å². The van der Waals surface area contributed by atoms with Crippen molar-refractivity contribution in [1.29, 1.82) is 0 Å². The lowest BCUT2D eigenvalue weighted by Crippen LogP contribution is -2.26. The molecule has 0 aromatic carbocycles. The Morgan fingerprint density at radius 1 is 1.80 bits per heavy atom. The number of hydrogen-bond donors (Lipinski definition) is 1. The van der Waals surface area contributed by atoms with Crippen LogP contribution in [-0.2, 0) is 9.08 Å². The second-order valence-corrected chi connectivity index (χ2v) is 2.63. The predicted molar refractivity (Wildman–Crippen MR) is 37.5 cm³/mol. The van der Waals surface area contributed by atoms with E-state index in [1.807, 2.05) is 0 Å². The summed E-state index contributed by atoms with van der Waals surface area (Å²) in [7, 11) is 0. The number of aliphatic hydroxyl groups is 1. The molecule has 3 nitrogen and oxygen atoms in total. The molecular formula is C6H11ClO3. The van der Waals surface area contributed by atoms with Crippen LogP contribution in [0.2, 0.25) is 0 Å². The van der Waals surface area contributed by atoms with Gasteiger partial charge in [-0.05, 0) is 13.3 Å². The fourth-order valence-electron chi connectivity index (χ4n) is 0.463. The van der Waals surface area contributed by atoms with E-state index in [0.29, 0.717) is 6.42 Å². The zero-order valence-corrected chi connectivity index (χ0v) is 6.81. The highest BCUT2D eigenvalue weighted by Crippen LogP contribution is 2.14. The smallest absolute Gasteiger partial charge is 0.327 e. The maximum Gasteiger partial charge on any atom is 0.327 e. The van der Waals surface area contributed by atoms with Crippen LogP contribution in [0.5, 0.6) is 0 Å². The highest BCUT2D eigenvalue weighted by molar-refractivity contribution is 6.13. The van der Waals surface area contributed by atoms with E-state index in [9.17, 15) is 9.90 Å². The first-order valence-corrected chi connectivity index (χ1v) is 3.36. The molecule has 1 N–H and O–H groups in total. The summed E-state index contributed by atoms with van der Waals surface area (Å²) in [5, 5.41) is 9.27. The number of rotatable bonds is 3. The fraction of sp³-hybridized carbons (Fsp3) is 0.833. The first kappa shape index (κ1) is 9.72. The van der Waals surface area contributed by atoms with Crippen molar-refractivity contribution in [3.63, 3.8) is 0 Å². The molecule has 4 heteroatoms. The van der Waals surface area contributed by atoms with Gasteiger partial charge in [0, 0.05) is 0 Å². The van der Waals surface area contributed by atoms with Crippen LogP contribution in [0.25, 0.3) is 0 Å². The van der Waals surface area contributed by atoms with Crippen LogP contribution in [0.1, 0.15) is 26.7 Å². The summed E-state index contributed by atoms with van der Waals surface area (Å²) in [6.45, 7) is 3.34. The number of carbonyl (C=O) groups is 1. The molecule has 1 atom stereocenters. The molecule has 60 valence electrons. The zero-order valence-electron chi connectivity index (χ0n) is 6.06. The summed E-state index contributed by atoms with van der Waals surface area (Å²) in [6.07, 6.45) is 0.436. The maximum atomic E-state index is 10.5. The Kier molecular flexibility index (Phi) is 3.68. The van der Waals surface area contributed by atoms with E-state index < -0.39 is 11.6 Å². The molecule has 0 saturated heterocycles. The van der Waals surface area contributed by atoms with E-state index in [0.717, 1.165) is 0 Å². The molecule has 0 aromatic heterocycles. The van der Waals surface area contributed by atoms with Gasteiger partial charge in [0.15, 0.2) is 0 Å². The van der Waals surface area contributed by atoms with Crippen LogP contribution >= 0.6 is 11.9 Å². The highest BCUT2D eigenvalue weighted by Gasteiger charge is 2.22. The van der Waals surface area contributed by atoms with Gasteiger partial charge >= 0.3 is 5.97 Å². The van der Waals surface area contributed by atoms with Gasteiger partial charge in [-0.1, -0.05) is 6.92 Å². The molecule has 0 amide bonds. The first-order valence-electron chi connectivity index (χ1n) is 3.05. The van der Waals surface area contributed by atoms with E-state index in [1.54, 1.807) is 13.8 Å². The molecule has 0 saturated carbocycles. The van der Waals surface area contributed by atoms with Crippen LogP contribution < -0.4 is 0 Å². The van der Waals surface area contributed by atoms with Crippen LogP contribution in [-0.4, -0.2) is 16.7 Å². The lowest BCUT2D eigenvalue weighted by Gasteiger charge is -2.18. The minimum absolute atomic E-state index is 0.0625. The second-order valence-electron chi connectivity index (χ2n) is 2.48. The molecule has 0 fully saturated rings. The van der Waals surface area contributed by atoms with Gasteiger partial charge in [0.1, 0.15) is 11.9 Å². The summed E-state index contributed by atoms with van der Waals surface area (Å²) in [4.78, 5) is 10.5. The molecule has 0 rings (SSSR count). The molecule has 0 heterocycles. The Morgan fingerprint density at radius 3 is 2.60 bits per heavy atom. The summed E-state index contributed by atoms with van der Waals surface area (Å²) in [5.74, 6) is -0.603. The van der Waals surface area contributed by atoms with Gasteiger partial charge in [-0.2, -0.15) is 0 Å². The average Bonchev–Trinajstić information content (AvgIpc) is 1.87. The lowest BCUT2D eigenvalue weighted by molar-refractivity contribution is -0.138. The number of hydrogen-bond acceptors (Lipinski definition) is 3. The van der Waals surface area contributed by atoms with Gasteiger partial charge in [0.25, 0.3) is 0 Å². The van der Waals surface area contributed by atoms with Gasteiger partial charge in [0.2, 0.25) is 0 Å². The van der Waals surface area contributed by atoms with Gasteiger partial charge in [-0.15, -0.1) is 0 Å². The molecule has 0 bridgehead atoms. The summed E-state index contributed by atoms with van der Waals surface area (Å²) in [5.41, 5.74) is -0.994. The van der Waals surface area contributed by atoms with Crippen LogP contribution in [0.3, 0.4) is 0 Å². The Hall–Kier alpha value is -0.280. The third-order valence-electron chi connectivity index (χ3n) is 1.37. The molecule has 0 aliphatic heterocycles. The standard InChI is InChI=1S/C6H11ClO3/c1-3-6(2,9)4-5(8)10-7/h9H,3-4H2,1-2H3/t6-/m0/s1. The van der Waals surface area contributed by atoms with Crippen LogP contribution in [0, 0.1) is 0 Å². The summed E-state index contributed by atoms with van der Waals surface area (Å²) < 4.78 is 3.86. The van der Waals surface area contributed by atoms with Crippen LogP contribution in [0.15, 0.2) is 0 Å². The molecule has 0 aliphatic carbocycles. The van der Waals surface area contributed by atoms with Crippen molar-refractivity contribution in [2.24, 2.45) is 0 Å². The number of halogens is 1. The monoisotopic (exact) mass is 166 g/mol. The molecule has 10 heavy (non-hydrogen) atoms. The van der Waals surface area contributed by atoms with Gasteiger partial charge in [0.05, 0.1) is 12.0 Å². The minimum Gasteiger partial charge on any atom is -0.390 e. The average molecular weight is 167 g/mol. The van der Waals surface area contributed by atoms with Crippen molar-refractivity contribution in [3.05, 3.63) is 0 Å². The van der Waals surface area contributed by atoms with Crippen molar-refractivity contribution < 1.29 is 14.2 Å². The predicted octanol–water partition coefficient (Wildman–Crippen LogP) is 1.23. The quantitative estimate of drug-likeness (QED) is 0.686. The Balaban J connectivity index is 3.76. The maximum absolute atomic E-state index is 10.5. The molecule has 0 spiro atoms. The van der Waals surface area contributed by atoms with Gasteiger partial charge < -0.3 is 9.40 Å². The largest absolute Gasteiger partial charge is 0.390 e. The zero-order chi connectivity index (χ0) is 8.20. The minimum atomic E-state index is -0.994. The SMILES string of the molecule is CC[C@](C)(O)CC(=O)OCl. The summed E-state index contributed by atoms with van der Waals surface area (Å²) in [6, 6.07) is 0. The van der Waals surface area contributed by atoms with E-state index in [1.165, 1.54) is 0 Å². The van der Waals surface area contributed by atoms with Gasteiger partial charge in [-0.3, -0.25) is 4.79 Å². The van der Waals surface area contributed by atoms with Crippen molar-refractivity contribution in [2.45, 2.75) is 32.3 Å². The van der Waals surface area contributed by atoms with Crippen molar-refractivity contribution in [2.75, 3.05) is 0 Å². The van der Waals surface area contributed by atoms with E-state index in [4.69, 9.17) is 11.9 Å². The first-order chi connectivity index (χ1) is 4.52. The third-order valence-corrected chi connectivity index (χ3v) is 1.54.